The number of rotatable bonds is 10. The molecule has 0 unspecified atom stereocenters. The smallest absolute Gasteiger partial charge is 0.330 e. The van der Waals surface area contributed by atoms with Gasteiger partial charge in [0.05, 0.1) is 6.10 Å². The number of H-pyrrole nitrogens is 1. The lowest BCUT2D eigenvalue weighted by atomic mass is 10.0. The van der Waals surface area contributed by atoms with Gasteiger partial charge in [-0.2, -0.15) is 0 Å². The van der Waals surface area contributed by atoms with Crippen molar-refractivity contribution in [3.63, 3.8) is 0 Å². The summed E-state index contributed by atoms with van der Waals surface area (Å²) in [6.45, 7) is 0.312. The molecular formula is C27H30N4O7. The Balaban J connectivity index is 1.37. The van der Waals surface area contributed by atoms with Crippen LogP contribution in [-0.2, 0) is 27.3 Å². The average molecular weight is 523 g/mol. The molecule has 2 amide bonds. The molecule has 3 aromatic rings. The van der Waals surface area contributed by atoms with Crippen molar-refractivity contribution in [1.29, 1.82) is 0 Å². The van der Waals surface area contributed by atoms with Gasteiger partial charge in [-0.25, -0.2) is 4.79 Å². The van der Waals surface area contributed by atoms with Crippen molar-refractivity contribution >= 4 is 11.8 Å². The number of hydrogen-bond acceptors (Lipinski definition) is 7. The van der Waals surface area contributed by atoms with Crippen molar-refractivity contribution < 1.29 is 24.5 Å². The molecule has 0 bridgehead atoms. The van der Waals surface area contributed by atoms with Gasteiger partial charge >= 0.3 is 5.69 Å². The number of nitrogens with one attached hydrogen (secondary N) is 3. The van der Waals surface area contributed by atoms with Crippen LogP contribution >= 0.6 is 0 Å². The summed E-state index contributed by atoms with van der Waals surface area (Å²) in [5.74, 6) is -0.771. The highest BCUT2D eigenvalue weighted by Crippen LogP contribution is 2.30. The minimum Gasteiger partial charge on any atom is -0.388 e. The Morgan fingerprint density at radius 1 is 0.947 bits per heavy atom. The summed E-state index contributed by atoms with van der Waals surface area (Å²) in [5, 5.41) is 26.5. The molecule has 5 N–H and O–H groups in total. The van der Waals surface area contributed by atoms with Gasteiger partial charge in [-0.15, -0.1) is 0 Å². The lowest BCUT2D eigenvalue weighted by molar-refractivity contribution is -0.129. The second-order valence-electron chi connectivity index (χ2n) is 9.12. The Labute approximate surface area is 218 Å². The number of hydrogen-bond donors (Lipinski definition) is 5. The van der Waals surface area contributed by atoms with Crippen LogP contribution < -0.4 is 21.9 Å². The predicted molar refractivity (Wildman–Crippen MR) is 137 cm³/mol. The maximum Gasteiger partial charge on any atom is 0.330 e. The van der Waals surface area contributed by atoms with Crippen molar-refractivity contribution in [2.75, 3.05) is 0 Å². The number of aliphatic hydroxyl groups excluding tert-OH is 2. The van der Waals surface area contributed by atoms with Crippen LogP contribution in [0.15, 0.2) is 82.5 Å². The molecular weight excluding hydrogens is 492 g/mol. The maximum absolute atomic E-state index is 13.0. The van der Waals surface area contributed by atoms with E-state index in [2.05, 4.69) is 15.6 Å². The van der Waals surface area contributed by atoms with Gasteiger partial charge < -0.3 is 25.6 Å². The van der Waals surface area contributed by atoms with E-state index in [1.165, 1.54) is 6.20 Å². The number of aromatic nitrogens is 2. The molecule has 1 aromatic heterocycles. The lowest BCUT2D eigenvalue weighted by Gasteiger charge is -2.20. The number of nitrogens with zero attached hydrogens (tertiary/aromatic N) is 1. The van der Waals surface area contributed by atoms with Crippen LogP contribution in [0.4, 0.5) is 0 Å². The summed E-state index contributed by atoms with van der Waals surface area (Å²) in [5.41, 5.74) is 0.398. The third-order valence-corrected chi connectivity index (χ3v) is 6.36. The monoisotopic (exact) mass is 522 g/mol. The number of aromatic amines is 1. The summed E-state index contributed by atoms with van der Waals surface area (Å²) >= 11 is 0. The summed E-state index contributed by atoms with van der Waals surface area (Å²) in [6.07, 6.45) is -3.59. The van der Waals surface area contributed by atoms with Crippen LogP contribution in [0.1, 0.15) is 30.2 Å². The number of carbonyl (C=O) groups excluding carboxylic acids is 2. The first-order valence-electron chi connectivity index (χ1n) is 12.3. The van der Waals surface area contributed by atoms with Crippen LogP contribution in [0.3, 0.4) is 0 Å². The second kappa shape index (κ2) is 12.5. The number of benzene rings is 2. The molecule has 2 heterocycles. The second-order valence-corrected chi connectivity index (χ2v) is 9.12. The molecule has 0 spiro atoms. The molecule has 4 rings (SSSR count). The Hall–Kier alpha value is -4.06. The van der Waals surface area contributed by atoms with E-state index in [0.29, 0.717) is 6.54 Å². The largest absolute Gasteiger partial charge is 0.388 e. The molecule has 11 heteroatoms. The van der Waals surface area contributed by atoms with E-state index < -0.39 is 47.7 Å². The number of aliphatic hydroxyl groups is 2. The van der Waals surface area contributed by atoms with Crippen molar-refractivity contribution in [3.05, 3.63) is 105 Å². The van der Waals surface area contributed by atoms with Gasteiger partial charge in [-0.1, -0.05) is 60.7 Å². The highest BCUT2D eigenvalue weighted by molar-refractivity contribution is 5.87. The van der Waals surface area contributed by atoms with E-state index in [0.717, 1.165) is 21.8 Å². The minimum absolute atomic E-state index is 0.0301. The van der Waals surface area contributed by atoms with Gasteiger partial charge in [0, 0.05) is 31.6 Å². The van der Waals surface area contributed by atoms with Crippen LogP contribution in [0.5, 0.6) is 0 Å². The SMILES string of the molecule is O=C(CC[C@H]1O[C@@H](n2ccc(=O)[nH]c2=O)[C@H](O)[C@@H]1O)N[C@H](Cc1ccccc1)C(=O)NCc1ccccc1. The van der Waals surface area contributed by atoms with Crippen molar-refractivity contribution in [3.8, 4) is 0 Å². The quantitative estimate of drug-likeness (QED) is 0.250. The zero-order valence-corrected chi connectivity index (χ0v) is 20.5. The van der Waals surface area contributed by atoms with Crippen LogP contribution in [0, 0.1) is 0 Å². The predicted octanol–water partition coefficient (Wildman–Crippen LogP) is -0.0201. The highest BCUT2D eigenvalue weighted by Gasteiger charge is 2.44. The van der Waals surface area contributed by atoms with E-state index in [9.17, 15) is 29.4 Å². The molecule has 1 saturated heterocycles. The first-order chi connectivity index (χ1) is 18.3. The summed E-state index contributed by atoms with van der Waals surface area (Å²) in [4.78, 5) is 51.3. The summed E-state index contributed by atoms with van der Waals surface area (Å²) in [7, 11) is 0. The average Bonchev–Trinajstić information content (AvgIpc) is 3.20. The molecule has 0 aliphatic carbocycles. The van der Waals surface area contributed by atoms with Crippen molar-refractivity contribution in [2.24, 2.45) is 0 Å². The van der Waals surface area contributed by atoms with Crippen molar-refractivity contribution in [1.82, 2.24) is 20.2 Å². The topological polar surface area (TPSA) is 163 Å². The third-order valence-electron chi connectivity index (χ3n) is 6.36. The Kier molecular flexibility index (Phi) is 8.85. The Bertz CT molecular complexity index is 1340. The lowest BCUT2D eigenvalue weighted by Crippen LogP contribution is -2.48. The number of amides is 2. The molecule has 1 aliphatic heterocycles. The Morgan fingerprint density at radius 2 is 1.61 bits per heavy atom. The first-order valence-corrected chi connectivity index (χ1v) is 12.3. The summed E-state index contributed by atoms with van der Waals surface area (Å²) in [6, 6.07) is 19.0. The van der Waals surface area contributed by atoms with Gasteiger partial charge in [-0.3, -0.25) is 23.9 Å². The van der Waals surface area contributed by atoms with E-state index in [1.807, 2.05) is 60.7 Å². The van der Waals surface area contributed by atoms with E-state index >= 15 is 0 Å². The first kappa shape index (κ1) is 27.0. The molecule has 5 atom stereocenters. The fraction of sp³-hybridized carbons (Fsp3) is 0.333. The molecule has 0 radical (unpaired) electrons. The van der Waals surface area contributed by atoms with E-state index in [-0.39, 0.29) is 25.2 Å². The Morgan fingerprint density at radius 3 is 2.26 bits per heavy atom. The van der Waals surface area contributed by atoms with Gasteiger partial charge in [0.15, 0.2) is 6.23 Å². The minimum atomic E-state index is -1.44. The molecule has 0 saturated carbocycles. The fourth-order valence-electron chi connectivity index (χ4n) is 4.33. The highest BCUT2D eigenvalue weighted by atomic mass is 16.6. The molecule has 2 aromatic carbocycles. The number of ether oxygens (including phenoxy) is 1. The van der Waals surface area contributed by atoms with Crippen LogP contribution in [0.2, 0.25) is 0 Å². The molecule has 1 fully saturated rings. The van der Waals surface area contributed by atoms with Crippen LogP contribution in [-0.4, -0.2) is 55.9 Å². The molecule has 11 nitrogen and oxygen atoms in total. The zero-order chi connectivity index (χ0) is 27.1. The van der Waals surface area contributed by atoms with Gasteiger partial charge in [0.2, 0.25) is 11.8 Å². The van der Waals surface area contributed by atoms with Gasteiger partial charge in [0.25, 0.3) is 5.56 Å². The van der Waals surface area contributed by atoms with Gasteiger partial charge in [-0.05, 0) is 17.5 Å². The standard InChI is InChI=1S/C27H30N4O7/c32-21(12-11-20-23(34)24(35)26(38-20)31-14-13-22(33)30-27(31)37)29-19(15-17-7-3-1-4-8-17)25(36)28-16-18-9-5-2-6-10-18/h1-10,13-14,19-20,23-24,26,34-35H,11-12,15-16H2,(H,28,36)(H,29,32)(H,30,33,37)/t19-,20-,23-,24-,26-/m1/s1. The third kappa shape index (κ3) is 6.82. The normalized spacial score (nSPS) is 21.5. The zero-order valence-electron chi connectivity index (χ0n) is 20.5. The maximum atomic E-state index is 13.0. The van der Waals surface area contributed by atoms with Gasteiger partial charge in [0.1, 0.15) is 18.2 Å². The van der Waals surface area contributed by atoms with E-state index in [1.54, 1.807) is 0 Å². The fourth-order valence-corrected chi connectivity index (χ4v) is 4.33. The van der Waals surface area contributed by atoms with Crippen molar-refractivity contribution in [2.45, 2.75) is 56.4 Å². The van der Waals surface area contributed by atoms with Crippen LogP contribution in [0.25, 0.3) is 0 Å². The number of carbonyl (C=O) groups is 2. The molecule has 38 heavy (non-hydrogen) atoms. The summed E-state index contributed by atoms with van der Waals surface area (Å²) < 4.78 is 6.63. The molecule has 200 valence electrons. The molecule has 1 aliphatic rings. The van der Waals surface area contributed by atoms with E-state index in [4.69, 9.17) is 4.74 Å².